The fraction of sp³-hybridized carbons (Fsp3) is 0.556. The average molecular weight is 472 g/mol. The minimum Gasteiger partial charge on any atom is -0.511 e. The summed E-state index contributed by atoms with van der Waals surface area (Å²) in [6.45, 7) is 0. The van der Waals surface area contributed by atoms with E-state index in [9.17, 15) is 26.7 Å². The standard InChI is InChI=1S/C18H21N3O6S3/c1-29(24,25)5-4-10-7-28-18-15(10)30(26,27)21-16(20-18)12-14(22)11-8-2-3-9(6-8)13(11)19-17(12)23/h7-9,11,13,22H,2-6H2,1H3,(H,19,23)(H,20,21)/t8-,9+,11+,13-/m0/s1. The third-order valence-electron chi connectivity index (χ3n) is 6.51. The Bertz CT molecular complexity index is 1230. The van der Waals surface area contributed by atoms with Crippen LogP contribution in [0.3, 0.4) is 0 Å². The first-order valence-electron chi connectivity index (χ1n) is 9.69. The Morgan fingerprint density at radius 2 is 2.03 bits per heavy atom. The zero-order valence-corrected chi connectivity index (χ0v) is 18.5. The van der Waals surface area contributed by atoms with Gasteiger partial charge >= 0.3 is 0 Å². The van der Waals surface area contributed by atoms with E-state index in [-0.39, 0.29) is 57.1 Å². The third-order valence-corrected chi connectivity index (χ3v) is 9.93. The van der Waals surface area contributed by atoms with Gasteiger partial charge < -0.3 is 15.7 Å². The van der Waals surface area contributed by atoms with Crippen LogP contribution in [0.15, 0.2) is 26.0 Å². The van der Waals surface area contributed by atoms with Gasteiger partial charge in [-0.15, -0.1) is 15.7 Å². The molecule has 1 amide bonds. The molecule has 3 heterocycles. The van der Waals surface area contributed by atoms with Crippen LogP contribution >= 0.6 is 11.3 Å². The van der Waals surface area contributed by atoms with E-state index in [2.05, 4.69) is 15.0 Å². The molecule has 1 aromatic heterocycles. The number of amides is 1. The lowest BCUT2D eigenvalue weighted by molar-refractivity contribution is -0.119. The number of sulfone groups is 1. The fourth-order valence-corrected chi connectivity index (χ4v) is 8.51. The quantitative estimate of drug-likeness (QED) is 0.599. The van der Waals surface area contributed by atoms with Crippen LogP contribution < -0.4 is 10.6 Å². The lowest BCUT2D eigenvalue weighted by atomic mass is 9.79. The highest BCUT2D eigenvalue weighted by Gasteiger charge is 2.54. The molecular formula is C18H21N3O6S3. The minimum absolute atomic E-state index is 0.0533. The number of rotatable bonds is 4. The Morgan fingerprint density at radius 1 is 1.30 bits per heavy atom. The minimum atomic E-state index is -4.16. The molecule has 2 aliphatic heterocycles. The molecule has 9 nitrogen and oxygen atoms in total. The number of carbonyl (C=O) groups excluding carboxylic acids is 1. The molecule has 2 saturated carbocycles. The molecule has 0 saturated heterocycles. The van der Waals surface area contributed by atoms with E-state index in [4.69, 9.17) is 0 Å². The molecule has 4 atom stereocenters. The second-order valence-electron chi connectivity index (χ2n) is 8.46. The summed E-state index contributed by atoms with van der Waals surface area (Å²) in [4.78, 5) is 12.7. The molecule has 0 radical (unpaired) electrons. The van der Waals surface area contributed by atoms with E-state index in [0.717, 1.165) is 36.9 Å². The first kappa shape index (κ1) is 20.0. The highest BCUT2D eigenvalue weighted by Crippen LogP contribution is 2.52. The van der Waals surface area contributed by atoms with Crippen LogP contribution in [0.5, 0.6) is 0 Å². The zero-order chi connectivity index (χ0) is 21.4. The van der Waals surface area contributed by atoms with Crippen LogP contribution in [0.2, 0.25) is 0 Å². The predicted octanol–water partition coefficient (Wildman–Crippen LogP) is 1.20. The summed E-state index contributed by atoms with van der Waals surface area (Å²) in [6.07, 6.45) is 4.10. The van der Waals surface area contributed by atoms with Gasteiger partial charge in [0, 0.05) is 18.2 Å². The molecule has 4 aliphatic rings. The number of aliphatic hydroxyl groups excluding tert-OH is 1. The van der Waals surface area contributed by atoms with E-state index in [1.54, 1.807) is 5.38 Å². The third kappa shape index (κ3) is 3.07. The van der Waals surface area contributed by atoms with Crippen LogP contribution in [0.1, 0.15) is 24.8 Å². The molecule has 30 heavy (non-hydrogen) atoms. The molecule has 2 aliphatic carbocycles. The Labute approximate surface area is 178 Å². The van der Waals surface area contributed by atoms with Gasteiger partial charge in [0.15, 0.2) is 5.84 Å². The van der Waals surface area contributed by atoms with Crippen molar-refractivity contribution in [2.45, 2.75) is 36.6 Å². The van der Waals surface area contributed by atoms with E-state index >= 15 is 0 Å². The summed E-state index contributed by atoms with van der Waals surface area (Å²) < 4.78 is 52.5. The summed E-state index contributed by atoms with van der Waals surface area (Å²) in [5, 5.41) is 18.6. The number of fused-ring (bicyclic) bond motifs is 6. The second kappa shape index (κ2) is 6.54. The lowest BCUT2D eigenvalue weighted by Crippen LogP contribution is -2.51. The molecule has 0 unspecified atom stereocenters. The summed E-state index contributed by atoms with van der Waals surface area (Å²) in [5.41, 5.74) is 0.249. The van der Waals surface area contributed by atoms with Crippen molar-refractivity contribution < 1.29 is 26.7 Å². The number of sulfonamides is 1. The van der Waals surface area contributed by atoms with Crippen molar-refractivity contribution in [2.24, 2.45) is 22.2 Å². The van der Waals surface area contributed by atoms with Crippen LogP contribution in [-0.2, 0) is 31.1 Å². The molecule has 0 aromatic carbocycles. The average Bonchev–Trinajstić information content (AvgIpc) is 3.33. The predicted molar refractivity (Wildman–Crippen MR) is 112 cm³/mol. The second-order valence-corrected chi connectivity index (χ2v) is 13.1. The van der Waals surface area contributed by atoms with Gasteiger partial charge in [0.25, 0.3) is 15.9 Å². The lowest BCUT2D eigenvalue weighted by Gasteiger charge is -2.36. The van der Waals surface area contributed by atoms with Gasteiger partial charge in [-0.1, -0.05) is 0 Å². The van der Waals surface area contributed by atoms with Crippen LogP contribution in [0.25, 0.3) is 0 Å². The molecule has 5 rings (SSSR count). The highest BCUT2D eigenvalue weighted by atomic mass is 32.2. The number of aryl methyl sites for hydroxylation is 1. The first-order valence-corrected chi connectivity index (χ1v) is 14.1. The molecular weight excluding hydrogens is 450 g/mol. The maximum atomic E-state index is 12.9. The normalized spacial score (nSPS) is 31.6. The van der Waals surface area contributed by atoms with Crippen molar-refractivity contribution in [3.63, 3.8) is 0 Å². The van der Waals surface area contributed by atoms with Crippen molar-refractivity contribution >= 4 is 47.9 Å². The number of hydrogen-bond acceptors (Lipinski definition) is 8. The van der Waals surface area contributed by atoms with Crippen molar-refractivity contribution in [1.29, 1.82) is 0 Å². The van der Waals surface area contributed by atoms with E-state index < -0.39 is 25.8 Å². The molecule has 12 heteroatoms. The largest absolute Gasteiger partial charge is 0.511 e. The topological polar surface area (TPSA) is 142 Å². The van der Waals surface area contributed by atoms with Crippen LogP contribution in [-0.4, -0.2) is 51.7 Å². The molecule has 162 valence electrons. The number of hydrogen-bond donors (Lipinski definition) is 3. The number of aliphatic hydroxyl groups is 1. The number of nitrogens with one attached hydrogen (secondary N) is 2. The zero-order valence-electron chi connectivity index (χ0n) is 16.1. The first-order chi connectivity index (χ1) is 14.0. The SMILES string of the molecule is CS(=O)(=O)CCc1csc2c1S(=O)(=O)N=C(C1=C(O)[C@@H]3[C@H]4CC[C@H](C4)[C@@H]3NC1=O)N2. The van der Waals surface area contributed by atoms with Crippen LogP contribution in [0, 0.1) is 17.8 Å². The summed E-state index contributed by atoms with van der Waals surface area (Å²) in [5.74, 6) is -0.568. The summed E-state index contributed by atoms with van der Waals surface area (Å²) in [7, 11) is -7.42. The van der Waals surface area contributed by atoms with E-state index in [1.165, 1.54) is 0 Å². The van der Waals surface area contributed by atoms with Gasteiger partial charge in [-0.2, -0.15) is 8.42 Å². The molecule has 0 spiro atoms. The highest BCUT2D eigenvalue weighted by molar-refractivity contribution is 7.91. The number of nitrogens with zero attached hydrogens (tertiary/aromatic N) is 1. The Morgan fingerprint density at radius 3 is 2.77 bits per heavy atom. The maximum Gasteiger partial charge on any atom is 0.287 e. The van der Waals surface area contributed by atoms with E-state index in [1.807, 2.05) is 0 Å². The molecule has 2 bridgehead atoms. The van der Waals surface area contributed by atoms with E-state index in [0.29, 0.717) is 11.5 Å². The van der Waals surface area contributed by atoms with Crippen molar-refractivity contribution in [2.75, 3.05) is 17.3 Å². The number of anilines is 1. The fourth-order valence-electron chi connectivity index (χ4n) is 5.25. The molecule has 3 N–H and O–H groups in total. The van der Waals surface area contributed by atoms with Crippen molar-refractivity contribution in [3.05, 3.63) is 22.3 Å². The summed E-state index contributed by atoms with van der Waals surface area (Å²) >= 11 is 1.10. The Hall–Kier alpha value is -1.92. The smallest absolute Gasteiger partial charge is 0.287 e. The Balaban J connectivity index is 1.52. The monoisotopic (exact) mass is 471 g/mol. The molecule has 1 aromatic rings. The van der Waals surface area contributed by atoms with Crippen molar-refractivity contribution in [1.82, 2.24) is 5.32 Å². The number of carbonyl (C=O) groups is 1. The maximum absolute atomic E-state index is 12.9. The molecule has 2 fully saturated rings. The van der Waals surface area contributed by atoms with Crippen LogP contribution in [0.4, 0.5) is 5.00 Å². The van der Waals surface area contributed by atoms with Gasteiger partial charge in [-0.3, -0.25) is 4.79 Å². The van der Waals surface area contributed by atoms with Gasteiger partial charge in [-0.05, 0) is 48.5 Å². The summed E-state index contributed by atoms with van der Waals surface area (Å²) in [6, 6.07) is -0.110. The van der Waals surface area contributed by atoms with Gasteiger partial charge in [-0.25, -0.2) is 8.42 Å². The Kier molecular flexibility index (Phi) is 4.36. The van der Waals surface area contributed by atoms with Gasteiger partial charge in [0.2, 0.25) is 0 Å². The van der Waals surface area contributed by atoms with Crippen molar-refractivity contribution in [3.8, 4) is 0 Å². The number of amidine groups is 1. The van der Waals surface area contributed by atoms with Gasteiger partial charge in [0.1, 0.15) is 31.1 Å². The number of thiophene rings is 1. The van der Waals surface area contributed by atoms with Gasteiger partial charge in [0.05, 0.1) is 5.75 Å².